The van der Waals surface area contributed by atoms with Gasteiger partial charge in [-0.25, -0.2) is 0 Å². The van der Waals surface area contributed by atoms with E-state index in [4.69, 9.17) is 10.6 Å². The van der Waals surface area contributed by atoms with Gasteiger partial charge in [-0.2, -0.15) is 0 Å². The lowest BCUT2D eigenvalue weighted by Gasteiger charge is -2.62. The zero-order valence-electron chi connectivity index (χ0n) is 17.8. The summed E-state index contributed by atoms with van der Waals surface area (Å²) in [6.07, 6.45) is 7.48. The van der Waals surface area contributed by atoms with Crippen molar-refractivity contribution in [3.63, 3.8) is 0 Å². The maximum Gasteiger partial charge on any atom is 0.139 e. The van der Waals surface area contributed by atoms with Gasteiger partial charge in [-0.3, -0.25) is 4.79 Å². The minimum absolute atomic E-state index is 0.128. The highest BCUT2D eigenvalue weighted by molar-refractivity contribution is 5.88. The summed E-state index contributed by atoms with van der Waals surface area (Å²) in [4.78, 5) is 18.0. The van der Waals surface area contributed by atoms with E-state index in [1.807, 2.05) is 0 Å². The molecule has 0 radical (unpaired) electrons. The van der Waals surface area contributed by atoms with Gasteiger partial charge < -0.3 is 15.7 Å². The molecule has 4 saturated carbocycles. The zero-order valence-corrected chi connectivity index (χ0v) is 17.8. The van der Waals surface area contributed by atoms with Crippen molar-refractivity contribution >= 4 is 11.5 Å². The molecular formula is C23H38N2O3. The second-order valence-corrected chi connectivity index (χ2v) is 10.3. The van der Waals surface area contributed by atoms with Gasteiger partial charge in [0.25, 0.3) is 0 Å². The van der Waals surface area contributed by atoms with Gasteiger partial charge in [0.1, 0.15) is 12.4 Å². The first kappa shape index (κ1) is 20.3. The van der Waals surface area contributed by atoms with Gasteiger partial charge in [-0.05, 0) is 74.0 Å². The van der Waals surface area contributed by atoms with Crippen LogP contribution in [-0.2, 0) is 9.63 Å². The van der Waals surface area contributed by atoms with Crippen molar-refractivity contribution in [2.45, 2.75) is 78.2 Å². The second-order valence-electron chi connectivity index (χ2n) is 10.3. The number of nitrogens with two attached hydrogens (primary N) is 1. The van der Waals surface area contributed by atoms with Crippen LogP contribution in [0, 0.1) is 40.4 Å². The zero-order chi connectivity index (χ0) is 20.1. The Morgan fingerprint density at radius 1 is 1.21 bits per heavy atom. The molecule has 5 heteroatoms. The van der Waals surface area contributed by atoms with Gasteiger partial charge in [0.2, 0.25) is 0 Å². The van der Waals surface area contributed by atoms with Crippen LogP contribution >= 0.6 is 0 Å². The summed E-state index contributed by atoms with van der Waals surface area (Å²) in [5, 5.41) is 15.8. The van der Waals surface area contributed by atoms with E-state index in [-0.39, 0.29) is 28.8 Å². The Hall–Kier alpha value is -0.940. The molecule has 4 aliphatic rings. The third kappa shape index (κ3) is 2.87. The van der Waals surface area contributed by atoms with Crippen molar-refractivity contribution in [3.05, 3.63) is 0 Å². The summed E-state index contributed by atoms with van der Waals surface area (Å²) in [7, 11) is 0. The number of ketones is 1. The van der Waals surface area contributed by atoms with E-state index >= 15 is 0 Å². The van der Waals surface area contributed by atoms with E-state index in [1.165, 1.54) is 0 Å². The Balaban J connectivity index is 1.63. The second kappa shape index (κ2) is 7.39. The van der Waals surface area contributed by atoms with Crippen LogP contribution in [0.4, 0.5) is 0 Å². The monoisotopic (exact) mass is 390 g/mol. The van der Waals surface area contributed by atoms with Crippen LogP contribution in [0.5, 0.6) is 0 Å². The highest BCUT2D eigenvalue weighted by atomic mass is 16.6. The van der Waals surface area contributed by atoms with E-state index in [9.17, 15) is 9.90 Å². The molecule has 0 aliphatic heterocycles. The summed E-state index contributed by atoms with van der Waals surface area (Å²) < 4.78 is 0. The van der Waals surface area contributed by atoms with Crippen molar-refractivity contribution < 1.29 is 14.7 Å². The maximum atomic E-state index is 12.6. The molecule has 0 amide bonds. The Labute approximate surface area is 169 Å². The molecule has 0 aromatic heterocycles. The van der Waals surface area contributed by atoms with Gasteiger partial charge in [-0.15, -0.1) is 0 Å². The predicted molar refractivity (Wildman–Crippen MR) is 110 cm³/mol. The number of hydrogen-bond donors (Lipinski definition) is 2. The Morgan fingerprint density at radius 2 is 2.00 bits per heavy atom. The van der Waals surface area contributed by atoms with Crippen LogP contribution in [-0.4, -0.2) is 35.9 Å². The van der Waals surface area contributed by atoms with E-state index in [0.717, 1.165) is 57.1 Å². The van der Waals surface area contributed by atoms with Crippen LogP contribution in [0.3, 0.4) is 0 Å². The van der Waals surface area contributed by atoms with Crippen molar-refractivity contribution in [2.75, 3.05) is 13.2 Å². The molecule has 3 N–H and O–H groups in total. The lowest BCUT2D eigenvalue weighted by Crippen LogP contribution is -2.60. The highest BCUT2D eigenvalue weighted by Gasteiger charge is 2.63. The van der Waals surface area contributed by atoms with Gasteiger partial charge >= 0.3 is 0 Å². The van der Waals surface area contributed by atoms with Crippen LogP contribution in [0.15, 0.2) is 5.16 Å². The molecule has 0 saturated heterocycles. The molecule has 8 atom stereocenters. The quantitative estimate of drug-likeness (QED) is 0.568. The van der Waals surface area contributed by atoms with Crippen LogP contribution in [0.25, 0.3) is 0 Å². The molecule has 0 heterocycles. The molecule has 0 aromatic carbocycles. The number of fused-ring (bicyclic) bond motifs is 5. The van der Waals surface area contributed by atoms with E-state index in [2.05, 4.69) is 25.9 Å². The fourth-order valence-electron chi connectivity index (χ4n) is 7.97. The first-order valence-electron chi connectivity index (χ1n) is 11.5. The molecule has 4 aliphatic carbocycles. The predicted octanol–water partition coefficient (Wildman–Crippen LogP) is 3.54. The largest absolute Gasteiger partial charge is 0.394 e. The number of aliphatic hydroxyl groups is 1. The fourth-order valence-corrected chi connectivity index (χ4v) is 7.97. The number of aliphatic hydroxyl groups excluding tert-OH is 1. The van der Waals surface area contributed by atoms with E-state index in [1.54, 1.807) is 0 Å². The minimum atomic E-state index is -0.311. The van der Waals surface area contributed by atoms with Crippen LogP contribution in [0.2, 0.25) is 0 Å². The summed E-state index contributed by atoms with van der Waals surface area (Å²) in [5.74, 6) is 2.57. The van der Waals surface area contributed by atoms with Crippen molar-refractivity contribution in [1.29, 1.82) is 0 Å². The SMILES string of the molecule is CC[C@H]1C(=NOCCN)CC[C@@]2(C)C1[C@@H](O)C[C@@H]1[C@@H]2CC[C@]2(C)C(=O)CC[C@@H]12. The lowest BCUT2D eigenvalue weighted by atomic mass is 9.43. The smallest absolute Gasteiger partial charge is 0.139 e. The molecular weight excluding hydrogens is 352 g/mol. The topological polar surface area (TPSA) is 84.9 Å². The molecule has 5 nitrogen and oxygen atoms in total. The molecule has 0 bridgehead atoms. The lowest BCUT2D eigenvalue weighted by molar-refractivity contribution is -0.161. The molecule has 28 heavy (non-hydrogen) atoms. The number of rotatable bonds is 4. The molecule has 0 spiro atoms. The number of hydrogen-bond acceptors (Lipinski definition) is 5. The van der Waals surface area contributed by atoms with Gasteiger partial charge in [0.05, 0.1) is 11.8 Å². The minimum Gasteiger partial charge on any atom is -0.394 e. The highest BCUT2D eigenvalue weighted by Crippen LogP contribution is 2.66. The summed E-state index contributed by atoms with van der Waals surface area (Å²) in [6.45, 7) is 7.77. The Kier molecular flexibility index (Phi) is 5.37. The van der Waals surface area contributed by atoms with Gasteiger partial charge in [-0.1, -0.05) is 25.9 Å². The first-order valence-corrected chi connectivity index (χ1v) is 11.5. The van der Waals surface area contributed by atoms with E-state index in [0.29, 0.717) is 36.7 Å². The third-order valence-corrected chi connectivity index (χ3v) is 9.29. The summed E-state index contributed by atoms with van der Waals surface area (Å²) in [6, 6.07) is 0. The van der Waals surface area contributed by atoms with Crippen LogP contribution < -0.4 is 5.73 Å². The Bertz CT molecular complexity index is 650. The van der Waals surface area contributed by atoms with E-state index < -0.39 is 0 Å². The number of oxime groups is 1. The third-order valence-electron chi connectivity index (χ3n) is 9.29. The van der Waals surface area contributed by atoms with Crippen molar-refractivity contribution in [2.24, 2.45) is 51.3 Å². The van der Waals surface area contributed by atoms with Crippen molar-refractivity contribution in [1.82, 2.24) is 0 Å². The molecule has 158 valence electrons. The number of carbonyl (C=O) groups is 1. The molecule has 0 aromatic rings. The first-order chi connectivity index (χ1) is 13.4. The number of Topliss-reactive ketones (excluding diaryl/α,β-unsaturated/α-hetero) is 1. The average Bonchev–Trinajstić information content (AvgIpc) is 2.97. The maximum absolute atomic E-state index is 12.6. The molecule has 4 rings (SSSR count). The normalized spacial score (nSPS) is 49.5. The van der Waals surface area contributed by atoms with Crippen LogP contribution in [0.1, 0.15) is 72.1 Å². The Morgan fingerprint density at radius 3 is 2.71 bits per heavy atom. The summed E-state index contributed by atoms with van der Waals surface area (Å²) in [5.41, 5.74) is 6.65. The molecule has 1 unspecified atom stereocenters. The summed E-state index contributed by atoms with van der Waals surface area (Å²) >= 11 is 0. The number of carbonyl (C=O) groups excluding carboxylic acids is 1. The molecule has 4 fully saturated rings. The van der Waals surface area contributed by atoms with Crippen molar-refractivity contribution in [3.8, 4) is 0 Å². The average molecular weight is 391 g/mol. The number of nitrogens with zero attached hydrogens (tertiary/aromatic N) is 1. The van der Waals surface area contributed by atoms with Gasteiger partial charge in [0, 0.05) is 24.3 Å². The fraction of sp³-hybridized carbons (Fsp3) is 0.913. The van der Waals surface area contributed by atoms with Gasteiger partial charge in [0.15, 0.2) is 0 Å². The standard InChI is InChI=1S/C23H38N2O3/c1-4-14-18(25-28-12-11-24)8-10-23(3)17-7-9-22(2)16(5-6-20(22)27)15(17)13-19(26)21(14)23/h14-17,19,21,26H,4-13,24H2,1-3H3/t14-,15-,16-,17-,19-,21?,22-,23+/m0/s1.